The lowest BCUT2D eigenvalue weighted by Crippen LogP contribution is -2.56. The highest BCUT2D eigenvalue weighted by Gasteiger charge is 2.30. The summed E-state index contributed by atoms with van der Waals surface area (Å²) in [6.07, 6.45) is 4.03. The molecule has 0 aromatic heterocycles. The van der Waals surface area contributed by atoms with Crippen LogP contribution in [-0.2, 0) is 4.79 Å². The Hall–Kier alpha value is -1.92. The molecule has 4 rings (SSSR count). The Balaban J connectivity index is 1.22. The molecule has 29 heavy (non-hydrogen) atoms. The van der Waals surface area contributed by atoms with E-state index in [1.807, 2.05) is 35.8 Å². The van der Waals surface area contributed by atoms with E-state index in [0.717, 1.165) is 56.4 Å². The smallest absolute Gasteiger partial charge is 0.254 e. The van der Waals surface area contributed by atoms with Crippen LogP contribution < -0.4 is 0 Å². The Morgan fingerprint density at radius 3 is 2.14 bits per heavy atom. The first-order valence-electron chi connectivity index (χ1n) is 11.1. The van der Waals surface area contributed by atoms with Crippen molar-refractivity contribution in [3.63, 3.8) is 0 Å². The fraction of sp³-hybridized carbons (Fsp3) is 0.652. The Kier molecular flexibility index (Phi) is 6.20. The van der Waals surface area contributed by atoms with Crippen molar-refractivity contribution in [2.75, 3.05) is 58.9 Å². The molecule has 6 nitrogen and oxygen atoms in total. The average molecular weight is 399 g/mol. The number of carbonyl (C=O) groups excluding carboxylic acids is 2. The van der Waals surface area contributed by atoms with E-state index in [1.165, 1.54) is 24.8 Å². The number of piperazine rings is 2. The van der Waals surface area contributed by atoms with Gasteiger partial charge in [0.05, 0.1) is 6.54 Å². The highest BCUT2D eigenvalue weighted by atomic mass is 16.2. The monoisotopic (exact) mass is 398 g/mol. The molecular formula is C23H34N4O2. The molecule has 0 spiro atoms. The van der Waals surface area contributed by atoms with Gasteiger partial charge in [-0.2, -0.15) is 0 Å². The second-order valence-corrected chi connectivity index (χ2v) is 8.89. The highest BCUT2D eigenvalue weighted by Crippen LogP contribution is 2.25. The lowest BCUT2D eigenvalue weighted by atomic mass is 9.91. The molecule has 2 aliphatic heterocycles. The van der Waals surface area contributed by atoms with Gasteiger partial charge in [0.15, 0.2) is 0 Å². The average Bonchev–Trinajstić information content (AvgIpc) is 2.67. The number of nitrogens with zero attached hydrogens (tertiary/aromatic N) is 4. The van der Waals surface area contributed by atoms with Gasteiger partial charge in [-0.25, -0.2) is 0 Å². The van der Waals surface area contributed by atoms with Gasteiger partial charge in [0, 0.05) is 64.0 Å². The molecule has 0 radical (unpaired) electrons. The summed E-state index contributed by atoms with van der Waals surface area (Å²) >= 11 is 0. The van der Waals surface area contributed by atoms with Crippen molar-refractivity contribution in [1.82, 2.24) is 19.6 Å². The first-order valence-corrected chi connectivity index (χ1v) is 11.1. The van der Waals surface area contributed by atoms with E-state index < -0.39 is 0 Å². The van der Waals surface area contributed by atoms with Crippen LogP contribution in [0.4, 0.5) is 0 Å². The Morgan fingerprint density at radius 1 is 0.897 bits per heavy atom. The van der Waals surface area contributed by atoms with Crippen LogP contribution in [0.5, 0.6) is 0 Å². The van der Waals surface area contributed by atoms with Crippen LogP contribution in [0.3, 0.4) is 0 Å². The molecule has 2 saturated heterocycles. The van der Waals surface area contributed by atoms with Gasteiger partial charge in [0.1, 0.15) is 0 Å². The second-order valence-electron chi connectivity index (χ2n) is 8.89. The van der Waals surface area contributed by atoms with Gasteiger partial charge in [0.2, 0.25) is 5.91 Å². The summed E-state index contributed by atoms with van der Waals surface area (Å²) in [4.78, 5) is 34.3. The fourth-order valence-electron chi connectivity index (χ4n) is 4.71. The number of aryl methyl sites for hydroxylation is 2. The Morgan fingerprint density at radius 2 is 1.55 bits per heavy atom. The van der Waals surface area contributed by atoms with Crippen molar-refractivity contribution in [3.05, 3.63) is 34.9 Å². The third-order valence-corrected chi connectivity index (χ3v) is 6.89. The number of rotatable bonds is 4. The van der Waals surface area contributed by atoms with Crippen molar-refractivity contribution >= 4 is 11.8 Å². The maximum Gasteiger partial charge on any atom is 0.254 e. The predicted octanol–water partition coefficient (Wildman–Crippen LogP) is 1.76. The van der Waals surface area contributed by atoms with Crippen LogP contribution in [0.25, 0.3) is 0 Å². The maximum absolute atomic E-state index is 12.9. The zero-order valence-corrected chi connectivity index (χ0v) is 17.9. The van der Waals surface area contributed by atoms with E-state index in [-0.39, 0.29) is 11.8 Å². The summed E-state index contributed by atoms with van der Waals surface area (Å²) in [5, 5.41) is 0. The summed E-state index contributed by atoms with van der Waals surface area (Å²) in [5.74, 6) is 0.355. The molecule has 6 heteroatoms. The van der Waals surface area contributed by atoms with Crippen LogP contribution in [0, 0.1) is 13.8 Å². The van der Waals surface area contributed by atoms with Crippen LogP contribution in [0.1, 0.15) is 40.7 Å². The number of hydrogen-bond acceptors (Lipinski definition) is 4. The second kappa shape index (κ2) is 8.84. The third kappa shape index (κ3) is 4.64. The van der Waals surface area contributed by atoms with E-state index >= 15 is 0 Å². The number of hydrogen-bond donors (Lipinski definition) is 0. The maximum atomic E-state index is 12.9. The lowest BCUT2D eigenvalue weighted by Gasteiger charge is -2.43. The van der Waals surface area contributed by atoms with Crippen molar-refractivity contribution in [2.45, 2.75) is 39.2 Å². The molecule has 2 heterocycles. The van der Waals surface area contributed by atoms with Crippen molar-refractivity contribution in [3.8, 4) is 0 Å². The van der Waals surface area contributed by atoms with Crippen LogP contribution in [-0.4, -0.2) is 96.4 Å². The highest BCUT2D eigenvalue weighted by molar-refractivity contribution is 5.95. The Labute approximate surface area is 174 Å². The first-order chi connectivity index (χ1) is 14.0. The summed E-state index contributed by atoms with van der Waals surface area (Å²) in [5.41, 5.74) is 3.01. The van der Waals surface area contributed by atoms with E-state index in [2.05, 4.69) is 15.9 Å². The van der Waals surface area contributed by atoms with E-state index in [0.29, 0.717) is 19.6 Å². The van der Waals surface area contributed by atoms with Gasteiger partial charge in [-0.15, -0.1) is 0 Å². The minimum atomic E-state index is 0.112. The van der Waals surface area contributed by atoms with Crippen molar-refractivity contribution in [1.29, 1.82) is 0 Å². The lowest BCUT2D eigenvalue weighted by molar-refractivity contribution is -0.135. The first kappa shape index (κ1) is 20.4. The molecule has 3 aliphatic rings. The summed E-state index contributed by atoms with van der Waals surface area (Å²) in [7, 11) is 0. The quantitative estimate of drug-likeness (QED) is 0.775. The third-order valence-electron chi connectivity index (χ3n) is 6.89. The van der Waals surface area contributed by atoms with Gasteiger partial charge in [-0.3, -0.25) is 19.4 Å². The van der Waals surface area contributed by atoms with Gasteiger partial charge in [-0.1, -0.05) is 24.1 Å². The molecule has 1 aliphatic carbocycles. The van der Waals surface area contributed by atoms with Gasteiger partial charge >= 0.3 is 0 Å². The fourth-order valence-corrected chi connectivity index (χ4v) is 4.71. The van der Waals surface area contributed by atoms with Crippen LogP contribution >= 0.6 is 0 Å². The molecule has 0 bridgehead atoms. The molecule has 1 saturated carbocycles. The van der Waals surface area contributed by atoms with Crippen LogP contribution in [0.15, 0.2) is 18.2 Å². The zero-order valence-electron chi connectivity index (χ0n) is 17.9. The molecule has 3 fully saturated rings. The molecule has 158 valence electrons. The molecule has 1 aromatic rings. The van der Waals surface area contributed by atoms with Gasteiger partial charge in [-0.05, 0) is 38.3 Å². The molecule has 1 aromatic carbocycles. The van der Waals surface area contributed by atoms with E-state index in [4.69, 9.17) is 0 Å². The number of benzene rings is 1. The van der Waals surface area contributed by atoms with Crippen LogP contribution in [0.2, 0.25) is 0 Å². The van der Waals surface area contributed by atoms with Gasteiger partial charge < -0.3 is 9.80 Å². The SMILES string of the molecule is Cc1ccc(C(=O)N2CCN(CC(=O)N3CCN(C4CCC4)CC3)CC2)c(C)c1. The minimum Gasteiger partial charge on any atom is -0.339 e. The molecule has 0 N–H and O–H groups in total. The normalized spacial score (nSPS) is 21.9. The predicted molar refractivity (Wildman–Crippen MR) is 114 cm³/mol. The molecule has 2 amide bonds. The largest absolute Gasteiger partial charge is 0.339 e. The standard InChI is InChI=1S/C23H34N4O2/c1-18-6-7-21(19(2)16-18)23(29)27-10-8-24(9-11-27)17-22(28)26-14-12-25(13-15-26)20-4-3-5-20/h6-7,16,20H,3-5,8-15,17H2,1-2H3. The van der Waals surface area contributed by atoms with Gasteiger partial charge in [0.25, 0.3) is 5.91 Å². The van der Waals surface area contributed by atoms with E-state index in [9.17, 15) is 9.59 Å². The number of amides is 2. The Bertz CT molecular complexity index is 745. The molecule has 0 unspecified atom stereocenters. The summed E-state index contributed by atoms with van der Waals surface area (Å²) in [6, 6.07) is 6.77. The zero-order chi connectivity index (χ0) is 20.4. The minimum absolute atomic E-state index is 0.112. The van der Waals surface area contributed by atoms with E-state index in [1.54, 1.807) is 0 Å². The number of carbonyl (C=O) groups is 2. The van der Waals surface area contributed by atoms with Crippen molar-refractivity contribution in [2.24, 2.45) is 0 Å². The molecular weight excluding hydrogens is 364 g/mol. The summed E-state index contributed by atoms with van der Waals surface area (Å²) < 4.78 is 0. The topological polar surface area (TPSA) is 47.1 Å². The van der Waals surface area contributed by atoms with Crippen molar-refractivity contribution < 1.29 is 9.59 Å². The summed E-state index contributed by atoms with van der Waals surface area (Å²) in [6.45, 7) is 11.2. The molecule has 0 atom stereocenters.